The van der Waals surface area contributed by atoms with Gasteiger partial charge in [0.2, 0.25) is 0 Å². The molecule has 0 heterocycles. The Labute approximate surface area is 123 Å². The maximum atomic E-state index is 12.1. The van der Waals surface area contributed by atoms with E-state index in [1.165, 1.54) is 0 Å². The van der Waals surface area contributed by atoms with E-state index in [0.29, 0.717) is 17.2 Å². The Bertz CT molecular complexity index is 646. The molecule has 1 saturated carbocycles. The van der Waals surface area contributed by atoms with Crippen LogP contribution in [0.4, 0.5) is 5.69 Å². The molecule has 3 rings (SSSR count). The number of carbonyl (C=O) groups excluding carboxylic acids is 2. The van der Waals surface area contributed by atoms with Gasteiger partial charge in [-0.1, -0.05) is 18.2 Å². The minimum Gasteiger partial charge on any atom is -0.349 e. The van der Waals surface area contributed by atoms with Crippen molar-refractivity contribution in [2.24, 2.45) is 0 Å². The number of hydrogen-bond acceptors (Lipinski definition) is 2. The summed E-state index contributed by atoms with van der Waals surface area (Å²) in [7, 11) is 0. The molecule has 4 heteroatoms. The van der Waals surface area contributed by atoms with Crippen molar-refractivity contribution in [2.45, 2.75) is 18.9 Å². The van der Waals surface area contributed by atoms with Crippen molar-refractivity contribution in [3.8, 4) is 0 Å². The third-order valence-corrected chi connectivity index (χ3v) is 3.35. The molecule has 0 spiro atoms. The van der Waals surface area contributed by atoms with Gasteiger partial charge in [0.05, 0.1) is 0 Å². The van der Waals surface area contributed by atoms with Crippen molar-refractivity contribution in [1.29, 1.82) is 0 Å². The second-order valence-corrected chi connectivity index (χ2v) is 5.15. The summed E-state index contributed by atoms with van der Waals surface area (Å²) in [6, 6.07) is 16.3. The first-order valence-electron chi connectivity index (χ1n) is 7.00. The molecule has 0 unspecified atom stereocenters. The number of amides is 2. The van der Waals surface area contributed by atoms with Crippen molar-refractivity contribution < 1.29 is 9.59 Å². The normalized spacial score (nSPS) is 13.5. The van der Waals surface area contributed by atoms with E-state index >= 15 is 0 Å². The molecule has 0 radical (unpaired) electrons. The summed E-state index contributed by atoms with van der Waals surface area (Å²) in [6.45, 7) is 0. The molecule has 1 aliphatic rings. The fraction of sp³-hybridized carbons (Fsp3) is 0.176. The number of benzene rings is 2. The van der Waals surface area contributed by atoms with Crippen LogP contribution in [0.3, 0.4) is 0 Å². The molecule has 0 saturated heterocycles. The first kappa shape index (κ1) is 13.4. The summed E-state index contributed by atoms with van der Waals surface area (Å²) in [5.41, 5.74) is 1.86. The lowest BCUT2D eigenvalue weighted by atomic mass is 10.1. The Balaban J connectivity index is 1.65. The minimum atomic E-state index is -0.185. The molecule has 2 aromatic rings. The van der Waals surface area contributed by atoms with E-state index in [9.17, 15) is 9.59 Å². The van der Waals surface area contributed by atoms with Crippen molar-refractivity contribution in [1.82, 2.24) is 5.32 Å². The number of para-hydroxylation sites is 1. The largest absolute Gasteiger partial charge is 0.349 e. The van der Waals surface area contributed by atoms with Gasteiger partial charge in [0.25, 0.3) is 11.8 Å². The third-order valence-electron chi connectivity index (χ3n) is 3.35. The first-order chi connectivity index (χ1) is 10.2. The molecule has 0 bridgehead atoms. The molecule has 0 aliphatic heterocycles. The fourth-order valence-electron chi connectivity index (χ4n) is 1.99. The molecule has 0 atom stereocenters. The second-order valence-electron chi connectivity index (χ2n) is 5.15. The number of rotatable bonds is 4. The van der Waals surface area contributed by atoms with Crippen LogP contribution in [-0.4, -0.2) is 17.9 Å². The number of carbonyl (C=O) groups is 2. The standard InChI is InChI=1S/C17H16N2O2/c20-16(18-14-4-2-1-3-5-14)12-6-8-13(9-7-12)17(21)19-15-10-11-15/h1-9,15H,10-11H2,(H,18,20)(H,19,21). The van der Waals surface area contributed by atoms with Crippen LogP contribution in [0.25, 0.3) is 0 Å². The summed E-state index contributed by atoms with van der Waals surface area (Å²) in [4.78, 5) is 23.9. The van der Waals surface area contributed by atoms with Crippen molar-refractivity contribution in [2.75, 3.05) is 5.32 Å². The second kappa shape index (κ2) is 5.79. The average Bonchev–Trinajstić information content (AvgIpc) is 3.32. The highest BCUT2D eigenvalue weighted by Crippen LogP contribution is 2.19. The van der Waals surface area contributed by atoms with Crippen molar-refractivity contribution in [3.05, 3.63) is 65.7 Å². The highest BCUT2D eigenvalue weighted by Gasteiger charge is 2.23. The Morgan fingerprint density at radius 1 is 0.810 bits per heavy atom. The molecule has 2 amide bonds. The SMILES string of the molecule is O=C(Nc1ccccc1)c1ccc(C(=O)NC2CC2)cc1. The van der Waals surface area contributed by atoms with E-state index in [4.69, 9.17) is 0 Å². The van der Waals surface area contributed by atoms with Gasteiger partial charge in [-0.2, -0.15) is 0 Å². The topological polar surface area (TPSA) is 58.2 Å². The van der Waals surface area contributed by atoms with E-state index in [1.807, 2.05) is 30.3 Å². The van der Waals surface area contributed by atoms with E-state index in [0.717, 1.165) is 18.5 Å². The molecule has 106 valence electrons. The molecule has 1 fully saturated rings. The summed E-state index contributed by atoms with van der Waals surface area (Å²) in [6.07, 6.45) is 2.12. The summed E-state index contributed by atoms with van der Waals surface area (Å²) < 4.78 is 0. The van der Waals surface area contributed by atoms with Crippen molar-refractivity contribution in [3.63, 3.8) is 0 Å². The summed E-state index contributed by atoms with van der Waals surface area (Å²) in [5, 5.41) is 5.73. The minimum absolute atomic E-state index is 0.0764. The van der Waals surface area contributed by atoms with Gasteiger partial charge < -0.3 is 10.6 Å². The number of hydrogen-bond donors (Lipinski definition) is 2. The van der Waals surface area contributed by atoms with Crippen LogP contribution < -0.4 is 10.6 Å². The Hall–Kier alpha value is -2.62. The predicted octanol–water partition coefficient (Wildman–Crippen LogP) is 2.83. The number of anilines is 1. The van der Waals surface area contributed by atoms with Crippen LogP contribution in [0, 0.1) is 0 Å². The van der Waals surface area contributed by atoms with Crippen LogP contribution in [0.15, 0.2) is 54.6 Å². The van der Waals surface area contributed by atoms with Crippen LogP contribution in [0.2, 0.25) is 0 Å². The molecule has 0 aromatic heterocycles. The lowest BCUT2D eigenvalue weighted by Crippen LogP contribution is -2.25. The van der Waals surface area contributed by atoms with Crippen LogP contribution >= 0.6 is 0 Å². The predicted molar refractivity (Wildman–Crippen MR) is 81.3 cm³/mol. The van der Waals surface area contributed by atoms with Gasteiger partial charge in [-0.05, 0) is 49.2 Å². The van der Waals surface area contributed by atoms with Gasteiger partial charge in [-0.25, -0.2) is 0 Å². The van der Waals surface area contributed by atoms with Gasteiger partial charge in [0.15, 0.2) is 0 Å². The number of nitrogens with one attached hydrogen (secondary N) is 2. The highest BCUT2D eigenvalue weighted by molar-refractivity contribution is 6.05. The molecule has 1 aliphatic carbocycles. The highest BCUT2D eigenvalue weighted by atomic mass is 16.2. The summed E-state index contributed by atoms with van der Waals surface area (Å²) in [5.74, 6) is -0.261. The fourth-order valence-corrected chi connectivity index (χ4v) is 1.99. The molecule has 2 N–H and O–H groups in total. The van der Waals surface area contributed by atoms with Crippen LogP contribution in [0.5, 0.6) is 0 Å². The zero-order valence-corrected chi connectivity index (χ0v) is 11.5. The lowest BCUT2D eigenvalue weighted by Gasteiger charge is -2.06. The maximum absolute atomic E-state index is 12.1. The third kappa shape index (κ3) is 3.48. The molecular weight excluding hydrogens is 264 g/mol. The molecule has 21 heavy (non-hydrogen) atoms. The zero-order chi connectivity index (χ0) is 14.7. The Kier molecular flexibility index (Phi) is 3.69. The average molecular weight is 280 g/mol. The maximum Gasteiger partial charge on any atom is 0.255 e. The van der Waals surface area contributed by atoms with E-state index in [1.54, 1.807) is 24.3 Å². The smallest absolute Gasteiger partial charge is 0.255 e. The van der Waals surface area contributed by atoms with E-state index < -0.39 is 0 Å². The lowest BCUT2D eigenvalue weighted by molar-refractivity contribution is 0.0949. The molecule has 2 aromatic carbocycles. The zero-order valence-electron chi connectivity index (χ0n) is 11.5. The quantitative estimate of drug-likeness (QED) is 0.904. The van der Waals surface area contributed by atoms with Gasteiger partial charge in [-0.15, -0.1) is 0 Å². The van der Waals surface area contributed by atoms with Gasteiger partial charge in [0, 0.05) is 22.9 Å². The molecule has 4 nitrogen and oxygen atoms in total. The Morgan fingerprint density at radius 2 is 1.38 bits per heavy atom. The molecular formula is C17H16N2O2. The van der Waals surface area contributed by atoms with Crippen LogP contribution in [-0.2, 0) is 0 Å². The van der Waals surface area contributed by atoms with Gasteiger partial charge >= 0.3 is 0 Å². The van der Waals surface area contributed by atoms with E-state index in [2.05, 4.69) is 10.6 Å². The monoisotopic (exact) mass is 280 g/mol. The van der Waals surface area contributed by atoms with Crippen LogP contribution in [0.1, 0.15) is 33.6 Å². The summed E-state index contributed by atoms with van der Waals surface area (Å²) >= 11 is 0. The van der Waals surface area contributed by atoms with Crippen molar-refractivity contribution >= 4 is 17.5 Å². The van der Waals surface area contributed by atoms with E-state index in [-0.39, 0.29) is 11.8 Å². The van der Waals surface area contributed by atoms with Gasteiger partial charge in [-0.3, -0.25) is 9.59 Å². The first-order valence-corrected chi connectivity index (χ1v) is 7.00. The van der Waals surface area contributed by atoms with Gasteiger partial charge in [0.1, 0.15) is 0 Å². The Morgan fingerprint density at radius 3 is 1.95 bits per heavy atom.